The van der Waals surface area contributed by atoms with Crippen LogP contribution in [0.4, 0.5) is 5.69 Å². The third kappa shape index (κ3) is 7.63. The molecule has 0 saturated heterocycles. The summed E-state index contributed by atoms with van der Waals surface area (Å²) in [5.41, 5.74) is 2.21. The summed E-state index contributed by atoms with van der Waals surface area (Å²) in [5, 5.41) is 12.2. The standard InChI is InChI=1S/C25H30N4O3S2/c1-4-6-14-32-24(31)19-8-7-9-20(15-19)26-23(30)17-34-25-28-27-22(29(25)5-2)16-33-21-12-10-18(3)11-13-21/h7-13,15H,4-6,14,16-17H2,1-3H3,(H,26,30). The lowest BCUT2D eigenvalue weighted by molar-refractivity contribution is -0.113. The minimum atomic E-state index is -0.383. The molecule has 2 aromatic carbocycles. The van der Waals surface area contributed by atoms with Gasteiger partial charge in [0.1, 0.15) is 5.82 Å². The molecule has 180 valence electrons. The van der Waals surface area contributed by atoms with Crippen LogP contribution in [0.1, 0.15) is 48.4 Å². The van der Waals surface area contributed by atoms with E-state index in [1.54, 1.807) is 36.0 Å². The zero-order chi connectivity index (χ0) is 24.3. The molecule has 0 unspecified atom stereocenters. The first kappa shape index (κ1) is 25.8. The number of thioether (sulfide) groups is 2. The molecule has 7 nitrogen and oxygen atoms in total. The van der Waals surface area contributed by atoms with E-state index >= 15 is 0 Å². The van der Waals surface area contributed by atoms with Crippen LogP contribution >= 0.6 is 23.5 Å². The van der Waals surface area contributed by atoms with Crippen LogP contribution in [0.15, 0.2) is 58.6 Å². The van der Waals surface area contributed by atoms with Gasteiger partial charge in [-0.1, -0.05) is 48.9 Å². The highest BCUT2D eigenvalue weighted by Gasteiger charge is 2.14. The van der Waals surface area contributed by atoms with Crippen LogP contribution in [0.2, 0.25) is 0 Å². The molecule has 0 saturated carbocycles. The molecule has 0 aliphatic carbocycles. The highest BCUT2D eigenvalue weighted by atomic mass is 32.2. The number of aromatic nitrogens is 3. The molecule has 1 aromatic heterocycles. The van der Waals surface area contributed by atoms with Crippen LogP contribution in [-0.2, 0) is 21.8 Å². The fraction of sp³-hybridized carbons (Fsp3) is 0.360. The molecule has 0 fully saturated rings. The Kier molecular flexibility index (Phi) is 10.0. The van der Waals surface area contributed by atoms with Gasteiger partial charge in [-0.15, -0.1) is 22.0 Å². The summed E-state index contributed by atoms with van der Waals surface area (Å²) in [6.07, 6.45) is 1.79. The maximum atomic E-state index is 12.5. The SMILES string of the molecule is CCCCOC(=O)c1cccc(NC(=O)CSc2nnc(CSc3ccc(C)cc3)n2CC)c1. The van der Waals surface area contributed by atoms with Gasteiger partial charge in [0.15, 0.2) is 5.16 Å². The molecule has 0 aliphatic heterocycles. The molecule has 0 bridgehead atoms. The number of rotatable bonds is 12. The Morgan fingerprint density at radius 2 is 1.85 bits per heavy atom. The van der Waals surface area contributed by atoms with Gasteiger partial charge in [0.2, 0.25) is 5.91 Å². The lowest BCUT2D eigenvalue weighted by Crippen LogP contribution is -2.15. The maximum Gasteiger partial charge on any atom is 0.338 e. The van der Waals surface area contributed by atoms with Crippen molar-refractivity contribution in [2.24, 2.45) is 0 Å². The highest BCUT2D eigenvalue weighted by Crippen LogP contribution is 2.25. The zero-order valence-electron chi connectivity index (χ0n) is 19.7. The lowest BCUT2D eigenvalue weighted by Gasteiger charge is -2.09. The van der Waals surface area contributed by atoms with Gasteiger partial charge in [-0.2, -0.15) is 0 Å². The number of hydrogen-bond acceptors (Lipinski definition) is 7. The first-order chi connectivity index (χ1) is 16.5. The van der Waals surface area contributed by atoms with Crippen molar-refractivity contribution in [2.45, 2.75) is 56.0 Å². The summed E-state index contributed by atoms with van der Waals surface area (Å²) >= 11 is 3.06. The molecule has 1 amide bonds. The summed E-state index contributed by atoms with van der Waals surface area (Å²) in [7, 11) is 0. The first-order valence-electron chi connectivity index (χ1n) is 11.3. The molecule has 0 radical (unpaired) electrons. The molecule has 0 atom stereocenters. The van der Waals surface area contributed by atoms with E-state index in [0.717, 1.165) is 25.2 Å². The Hall–Kier alpha value is -2.78. The second kappa shape index (κ2) is 13.2. The number of anilines is 1. The number of carbonyl (C=O) groups excluding carboxylic acids is 2. The number of ether oxygens (including phenoxy) is 1. The molecular formula is C25H30N4O3S2. The smallest absolute Gasteiger partial charge is 0.338 e. The molecule has 1 heterocycles. The van der Waals surface area contributed by atoms with E-state index in [1.165, 1.54) is 22.2 Å². The Morgan fingerprint density at radius 3 is 2.59 bits per heavy atom. The molecule has 0 aliphatic rings. The van der Waals surface area contributed by atoms with E-state index in [9.17, 15) is 9.59 Å². The summed E-state index contributed by atoms with van der Waals surface area (Å²) in [6.45, 7) is 7.27. The number of nitrogens with one attached hydrogen (secondary N) is 1. The van der Waals surface area contributed by atoms with Crippen molar-refractivity contribution < 1.29 is 14.3 Å². The average Bonchev–Trinajstić information content (AvgIpc) is 3.24. The number of nitrogens with zero attached hydrogens (tertiary/aromatic N) is 3. The van der Waals surface area contributed by atoms with Gasteiger partial charge in [0.25, 0.3) is 0 Å². The van der Waals surface area contributed by atoms with E-state index in [1.807, 2.05) is 18.4 Å². The van der Waals surface area contributed by atoms with E-state index in [-0.39, 0.29) is 17.6 Å². The zero-order valence-corrected chi connectivity index (χ0v) is 21.4. The predicted octanol–water partition coefficient (Wildman–Crippen LogP) is 5.59. The van der Waals surface area contributed by atoms with Crippen LogP contribution < -0.4 is 5.32 Å². The van der Waals surface area contributed by atoms with Crippen molar-refractivity contribution in [1.29, 1.82) is 0 Å². The van der Waals surface area contributed by atoms with Gasteiger partial charge in [-0.3, -0.25) is 4.79 Å². The minimum Gasteiger partial charge on any atom is -0.462 e. The minimum absolute atomic E-state index is 0.178. The Balaban J connectivity index is 1.53. The van der Waals surface area contributed by atoms with E-state index in [4.69, 9.17) is 4.74 Å². The summed E-state index contributed by atoms with van der Waals surface area (Å²) in [6, 6.07) is 15.2. The van der Waals surface area contributed by atoms with Crippen molar-refractivity contribution in [3.05, 3.63) is 65.5 Å². The van der Waals surface area contributed by atoms with Gasteiger partial charge in [0, 0.05) is 17.1 Å². The van der Waals surface area contributed by atoms with Crippen LogP contribution in [0, 0.1) is 6.92 Å². The normalized spacial score (nSPS) is 10.8. The number of hydrogen-bond donors (Lipinski definition) is 1. The van der Waals surface area contributed by atoms with Gasteiger partial charge in [0.05, 0.1) is 23.7 Å². The predicted molar refractivity (Wildman–Crippen MR) is 137 cm³/mol. The Labute approximate surface area is 209 Å². The quantitative estimate of drug-likeness (QED) is 0.198. The van der Waals surface area contributed by atoms with Crippen LogP contribution in [-0.4, -0.2) is 39.0 Å². The highest BCUT2D eigenvalue weighted by molar-refractivity contribution is 7.99. The van der Waals surface area contributed by atoms with E-state index in [0.29, 0.717) is 28.8 Å². The number of aryl methyl sites for hydroxylation is 1. The third-order valence-corrected chi connectivity index (χ3v) is 6.92. The number of esters is 1. The van der Waals surface area contributed by atoms with Gasteiger partial charge >= 0.3 is 5.97 Å². The average molecular weight is 499 g/mol. The fourth-order valence-corrected chi connectivity index (χ4v) is 4.74. The Morgan fingerprint density at radius 1 is 1.06 bits per heavy atom. The molecule has 3 rings (SSSR count). The third-order valence-electron chi connectivity index (χ3n) is 4.94. The van der Waals surface area contributed by atoms with Gasteiger partial charge < -0.3 is 14.6 Å². The number of carbonyl (C=O) groups is 2. The largest absolute Gasteiger partial charge is 0.462 e. The van der Waals surface area contributed by atoms with Crippen LogP contribution in [0.25, 0.3) is 0 Å². The molecule has 3 aromatic rings. The summed E-state index contributed by atoms with van der Waals surface area (Å²) in [5.74, 6) is 1.21. The topological polar surface area (TPSA) is 86.1 Å². The van der Waals surface area contributed by atoms with E-state index in [2.05, 4.69) is 46.7 Å². The second-order valence-corrected chi connectivity index (χ2v) is 9.64. The number of benzene rings is 2. The van der Waals surface area contributed by atoms with E-state index < -0.39 is 0 Å². The molecule has 0 spiro atoms. The summed E-state index contributed by atoms with van der Waals surface area (Å²) in [4.78, 5) is 25.8. The second-order valence-electron chi connectivity index (χ2n) is 7.65. The monoisotopic (exact) mass is 498 g/mol. The Bertz CT molecular complexity index is 1100. The van der Waals surface area contributed by atoms with Gasteiger partial charge in [-0.25, -0.2) is 4.79 Å². The summed E-state index contributed by atoms with van der Waals surface area (Å²) < 4.78 is 7.27. The van der Waals surface area contributed by atoms with Crippen molar-refractivity contribution in [2.75, 3.05) is 17.7 Å². The maximum absolute atomic E-state index is 12.5. The molecule has 34 heavy (non-hydrogen) atoms. The van der Waals surface area contributed by atoms with Crippen LogP contribution in [0.3, 0.4) is 0 Å². The molecule has 9 heteroatoms. The van der Waals surface area contributed by atoms with Crippen molar-refractivity contribution in [3.8, 4) is 0 Å². The molecule has 1 N–H and O–H groups in total. The van der Waals surface area contributed by atoms with Crippen molar-refractivity contribution in [3.63, 3.8) is 0 Å². The van der Waals surface area contributed by atoms with Crippen molar-refractivity contribution >= 4 is 41.1 Å². The molecular weight excluding hydrogens is 468 g/mol. The lowest BCUT2D eigenvalue weighted by atomic mass is 10.2. The van der Waals surface area contributed by atoms with Crippen LogP contribution in [0.5, 0.6) is 0 Å². The first-order valence-corrected chi connectivity index (χ1v) is 13.3. The van der Waals surface area contributed by atoms with Gasteiger partial charge in [-0.05, 0) is 50.6 Å². The number of amides is 1. The fourth-order valence-electron chi connectivity index (χ4n) is 3.08. The van der Waals surface area contributed by atoms with Crippen molar-refractivity contribution in [1.82, 2.24) is 14.8 Å². The number of unbranched alkanes of at least 4 members (excludes halogenated alkanes) is 1.